The van der Waals surface area contributed by atoms with Gasteiger partial charge in [0, 0.05) is 49.4 Å². The second-order valence-electron chi connectivity index (χ2n) is 8.59. The van der Waals surface area contributed by atoms with Crippen molar-refractivity contribution in [3.63, 3.8) is 0 Å². The van der Waals surface area contributed by atoms with Gasteiger partial charge in [-0.25, -0.2) is 4.68 Å². The van der Waals surface area contributed by atoms with Crippen LogP contribution in [0.5, 0.6) is 5.75 Å². The van der Waals surface area contributed by atoms with Gasteiger partial charge in [0.2, 0.25) is 0 Å². The number of benzene rings is 1. The number of aromatic hydroxyl groups is 1. The number of rotatable bonds is 4. The van der Waals surface area contributed by atoms with E-state index >= 15 is 0 Å². The zero-order chi connectivity index (χ0) is 21.5. The summed E-state index contributed by atoms with van der Waals surface area (Å²) in [5, 5.41) is 27.1. The molecule has 4 heterocycles. The summed E-state index contributed by atoms with van der Waals surface area (Å²) in [7, 11) is 3.69. The van der Waals surface area contributed by atoms with E-state index in [1.807, 2.05) is 18.2 Å². The summed E-state index contributed by atoms with van der Waals surface area (Å²) in [6, 6.07) is 12.3. The first-order valence-electron chi connectivity index (χ1n) is 10.7. The molecule has 5 rings (SSSR count). The molecule has 0 amide bonds. The van der Waals surface area contributed by atoms with E-state index < -0.39 is 0 Å². The van der Waals surface area contributed by atoms with Crippen molar-refractivity contribution in [2.75, 3.05) is 11.9 Å². The Labute approximate surface area is 180 Å². The minimum absolute atomic E-state index is 0.0866. The molecule has 1 aromatic carbocycles. The van der Waals surface area contributed by atoms with Gasteiger partial charge in [0.15, 0.2) is 5.82 Å². The highest BCUT2D eigenvalue weighted by molar-refractivity contribution is 5.74. The number of hydrogen-bond donors (Lipinski definition) is 2. The summed E-state index contributed by atoms with van der Waals surface area (Å²) in [4.78, 5) is 14.1. The van der Waals surface area contributed by atoms with E-state index in [2.05, 4.69) is 32.6 Å². The number of phenolic OH excluding ortho intramolecular Hbond substituents is 1. The lowest BCUT2D eigenvalue weighted by Gasteiger charge is -2.36. The van der Waals surface area contributed by atoms with Crippen LogP contribution in [0.15, 0.2) is 47.4 Å². The number of fused-ring (bicyclic) bond motifs is 2. The maximum atomic E-state index is 11.8. The van der Waals surface area contributed by atoms with Crippen LogP contribution in [-0.4, -0.2) is 50.3 Å². The molecule has 8 nitrogen and oxygen atoms in total. The van der Waals surface area contributed by atoms with Gasteiger partial charge in [-0.1, -0.05) is 6.07 Å². The van der Waals surface area contributed by atoms with Crippen molar-refractivity contribution in [2.45, 2.75) is 43.8 Å². The molecule has 2 aliphatic rings. The van der Waals surface area contributed by atoms with Gasteiger partial charge in [0.25, 0.3) is 5.56 Å². The van der Waals surface area contributed by atoms with Gasteiger partial charge in [0.05, 0.1) is 11.9 Å². The Morgan fingerprint density at radius 1 is 1.06 bits per heavy atom. The SMILES string of the molecule is CN(c1ccc(-c2ccc(-c3cnn(C)c(=O)c3)cc2O)nn1)C1C[C@H]2CC[C@@H](C1)N2. The van der Waals surface area contributed by atoms with E-state index in [1.165, 1.54) is 23.6 Å². The van der Waals surface area contributed by atoms with Crippen LogP contribution in [0.3, 0.4) is 0 Å². The molecule has 8 heteroatoms. The van der Waals surface area contributed by atoms with E-state index in [9.17, 15) is 9.90 Å². The van der Waals surface area contributed by atoms with Gasteiger partial charge >= 0.3 is 0 Å². The molecule has 31 heavy (non-hydrogen) atoms. The van der Waals surface area contributed by atoms with E-state index in [0.717, 1.165) is 24.2 Å². The zero-order valence-electron chi connectivity index (χ0n) is 17.7. The molecule has 2 aliphatic heterocycles. The molecule has 0 saturated carbocycles. The molecule has 2 bridgehead atoms. The van der Waals surface area contributed by atoms with E-state index in [-0.39, 0.29) is 11.3 Å². The average Bonchev–Trinajstić information content (AvgIpc) is 3.12. The predicted octanol–water partition coefficient (Wildman–Crippen LogP) is 2.33. The summed E-state index contributed by atoms with van der Waals surface area (Å²) in [6.07, 6.45) is 6.41. The fourth-order valence-corrected chi connectivity index (χ4v) is 4.74. The van der Waals surface area contributed by atoms with E-state index in [4.69, 9.17) is 0 Å². The summed E-state index contributed by atoms with van der Waals surface area (Å²) < 4.78 is 1.26. The molecular formula is C23H26N6O2. The Kier molecular flexibility index (Phi) is 4.94. The molecule has 2 N–H and O–H groups in total. The minimum atomic E-state index is -0.201. The Morgan fingerprint density at radius 2 is 1.84 bits per heavy atom. The van der Waals surface area contributed by atoms with Crippen LogP contribution in [0.4, 0.5) is 5.82 Å². The molecule has 1 unspecified atom stereocenters. The highest BCUT2D eigenvalue weighted by Crippen LogP contribution is 2.33. The Morgan fingerprint density at radius 3 is 2.48 bits per heavy atom. The van der Waals surface area contributed by atoms with Gasteiger partial charge < -0.3 is 15.3 Å². The van der Waals surface area contributed by atoms with Crippen LogP contribution in [0.25, 0.3) is 22.4 Å². The second kappa shape index (κ2) is 7.77. The normalized spacial score (nSPS) is 22.5. The zero-order valence-corrected chi connectivity index (χ0v) is 17.7. The lowest BCUT2D eigenvalue weighted by molar-refractivity contribution is 0.353. The van der Waals surface area contributed by atoms with Crippen LogP contribution >= 0.6 is 0 Å². The second-order valence-corrected chi connectivity index (χ2v) is 8.59. The Balaban J connectivity index is 1.35. The van der Waals surface area contributed by atoms with Crippen LogP contribution in [-0.2, 0) is 7.05 Å². The van der Waals surface area contributed by atoms with Crippen molar-refractivity contribution in [1.82, 2.24) is 25.3 Å². The Bertz CT molecular complexity index is 1150. The first-order valence-corrected chi connectivity index (χ1v) is 10.7. The van der Waals surface area contributed by atoms with Crippen molar-refractivity contribution in [3.8, 4) is 28.1 Å². The number of aryl methyl sites for hydroxylation is 1. The first-order chi connectivity index (χ1) is 15.0. The van der Waals surface area contributed by atoms with Gasteiger partial charge in [-0.05, 0) is 55.5 Å². The monoisotopic (exact) mass is 418 g/mol. The van der Waals surface area contributed by atoms with Crippen molar-refractivity contribution >= 4 is 5.82 Å². The standard InChI is InChI=1S/C23H26N6O2/c1-28(18-11-16-4-5-17(12-18)25-16)22-8-7-20(26-27-22)19-6-3-14(9-21(19)30)15-10-23(31)29(2)24-13-15/h3,6-10,13,16-18,25,30H,4-5,11-12H2,1-2H3/t16-,17+,18?. The molecule has 2 saturated heterocycles. The molecule has 0 radical (unpaired) electrons. The van der Waals surface area contributed by atoms with Crippen molar-refractivity contribution in [1.29, 1.82) is 0 Å². The van der Waals surface area contributed by atoms with Crippen molar-refractivity contribution in [2.24, 2.45) is 7.05 Å². The number of anilines is 1. The fraction of sp³-hybridized carbons (Fsp3) is 0.391. The smallest absolute Gasteiger partial charge is 0.267 e. The fourth-order valence-electron chi connectivity index (χ4n) is 4.74. The van der Waals surface area contributed by atoms with Crippen molar-refractivity contribution in [3.05, 3.63) is 52.9 Å². The van der Waals surface area contributed by atoms with Gasteiger partial charge in [-0.3, -0.25) is 4.79 Å². The maximum Gasteiger partial charge on any atom is 0.267 e. The quantitative estimate of drug-likeness (QED) is 0.671. The van der Waals surface area contributed by atoms with Gasteiger partial charge in [-0.15, -0.1) is 10.2 Å². The summed E-state index contributed by atoms with van der Waals surface area (Å²) >= 11 is 0. The summed E-state index contributed by atoms with van der Waals surface area (Å²) in [5.41, 5.74) is 2.38. The predicted molar refractivity (Wildman–Crippen MR) is 119 cm³/mol. The maximum absolute atomic E-state index is 11.8. The van der Waals surface area contributed by atoms with Crippen molar-refractivity contribution < 1.29 is 5.11 Å². The molecule has 160 valence electrons. The largest absolute Gasteiger partial charge is 0.507 e. The number of hydrogen-bond acceptors (Lipinski definition) is 7. The van der Waals surface area contributed by atoms with E-state index in [0.29, 0.717) is 34.9 Å². The number of nitrogens with zero attached hydrogens (tertiary/aromatic N) is 5. The number of aromatic nitrogens is 4. The van der Waals surface area contributed by atoms with Gasteiger partial charge in [0.1, 0.15) is 5.75 Å². The Hall–Kier alpha value is -3.26. The lowest BCUT2D eigenvalue weighted by Crippen LogP contribution is -2.47. The third-order valence-corrected chi connectivity index (χ3v) is 6.58. The number of piperidine rings is 1. The number of nitrogens with one attached hydrogen (secondary N) is 1. The molecular weight excluding hydrogens is 392 g/mol. The minimum Gasteiger partial charge on any atom is -0.507 e. The van der Waals surface area contributed by atoms with Crippen LogP contribution in [0, 0.1) is 0 Å². The van der Waals surface area contributed by atoms with Crippen LogP contribution in [0.1, 0.15) is 25.7 Å². The molecule has 3 aromatic rings. The topological polar surface area (TPSA) is 96.2 Å². The molecule has 3 atom stereocenters. The summed E-state index contributed by atoms with van der Waals surface area (Å²) in [6.45, 7) is 0. The first kappa shape index (κ1) is 19.7. The summed E-state index contributed by atoms with van der Waals surface area (Å²) in [5.74, 6) is 0.931. The lowest BCUT2D eigenvalue weighted by atomic mass is 9.98. The highest BCUT2D eigenvalue weighted by Gasteiger charge is 2.35. The molecule has 2 fully saturated rings. The molecule has 0 spiro atoms. The third kappa shape index (κ3) is 3.79. The van der Waals surface area contributed by atoms with E-state index in [1.54, 1.807) is 25.4 Å². The molecule has 2 aromatic heterocycles. The average molecular weight is 419 g/mol. The highest BCUT2D eigenvalue weighted by atomic mass is 16.3. The van der Waals surface area contributed by atoms with Crippen LogP contribution < -0.4 is 15.8 Å². The number of phenols is 1. The molecule has 0 aliphatic carbocycles. The van der Waals surface area contributed by atoms with Gasteiger partial charge in [-0.2, -0.15) is 5.10 Å². The third-order valence-electron chi connectivity index (χ3n) is 6.58. The van der Waals surface area contributed by atoms with Crippen LogP contribution in [0.2, 0.25) is 0 Å².